The average Bonchev–Trinajstić information content (AvgIpc) is 2.78. The summed E-state index contributed by atoms with van der Waals surface area (Å²) in [5.41, 5.74) is 0. The van der Waals surface area contributed by atoms with Gasteiger partial charge in [-0.25, -0.2) is 0 Å². The van der Waals surface area contributed by atoms with Gasteiger partial charge >= 0.3 is 5.97 Å². The van der Waals surface area contributed by atoms with Crippen LogP contribution in [0, 0.1) is 5.92 Å². The van der Waals surface area contributed by atoms with E-state index in [0.717, 1.165) is 38.7 Å². The van der Waals surface area contributed by atoms with Crippen molar-refractivity contribution in [2.45, 2.75) is 57.1 Å². The summed E-state index contributed by atoms with van der Waals surface area (Å²) in [4.78, 5) is 22.9. The van der Waals surface area contributed by atoms with Crippen LogP contribution < -0.4 is 5.32 Å². The van der Waals surface area contributed by atoms with E-state index >= 15 is 0 Å². The molecule has 0 aromatic rings. The topological polar surface area (TPSA) is 75.6 Å². The van der Waals surface area contributed by atoms with Gasteiger partial charge in [-0.15, -0.1) is 0 Å². The fraction of sp³-hybridized carbons (Fsp3) is 0.846. The van der Waals surface area contributed by atoms with Gasteiger partial charge in [-0.05, 0) is 32.1 Å². The maximum atomic E-state index is 11.9. The summed E-state index contributed by atoms with van der Waals surface area (Å²) < 4.78 is 5.51. The van der Waals surface area contributed by atoms with Gasteiger partial charge in [0, 0.05) is 12.6 Å². The Labute approximate surface area is 107 Å². The van der Waals surface area contributed by atoms with Crippen molar-refractivity contribution in [2.75, 3.05) is 6.61 Å². The Balaban J connectivity index is 1.77. The first-order valence-corrected chi connectivity index (χ1v) is 6.80. The van der Waals surface area contributed by atoms with Crippen molar-refractivity contribution < 1.29 is 19.4 Å². The van der Waals surface area contributed by atoms with Gasteiger partial charge in [0.1, 0.15) is 0 Å². The predicted octanol–water partition coefficient (Wildman–Crippen LogP) is 1.32. The van der Waals surface area contributed by atoms with Gasteiger partial charge in [0.25, 0.3) is 0 Å². The lowest BCUT2D eigenvalue weighted by molar-refractivity contribution is -0.142. The molecule has 1 aliphatic carbocycles. The minimum Gasteiger partial charge on any atom is -0.481 e. The Bertz CT molecular complexity index is 312. The lowest BCUT2D eigenvalue weighted by atomic mass is 10.0. The van der Waals surface area contributed by atoms with E-state index in [2.05, 4.69) is 5.32 Å². The number of carbonyl (C=O) groups excluding carboxylic acids is 1. The number of amides is 1. The molecular formula is C13H21NO4. The molecular weight excluding hydrogens is 234 g/mol. The Morgan fingerprint density at radius 2 is 2.00 bits per heavy atom. The molecule has 3 atom stereocenters. The molecule has 2 rings (SSSR count). The number of aliphatic carboxylic acids is 1. The van der Waals surface area contributed by atoms with Crippen molar-refractivity contribution in [1.29, 1.82) is 0 Å². The van der Waals surface area contributed by atoms with Crippen LogP contribution in [0.1, 0.15) is 44.9 Å². The molecule has 102 valence electrons. The van der Waals surface area contributed by atoms with Crippen molar-refractivity contribution in [3.8, 4) is 0 Å². The van der Waals surface area contributed by atoms with Crippen LogP contribution in [0.3, 0.4) is 0 Å². The Kier molecular flexibility index (Phi) is 4.58. The van der Waals surface area contributed by atoms with Crippen molar-refractivity contribution >= 4 is 11.9 Å². The zero-order valence-corrected chi connectivity index (χ0v) is 10.6. The van der Waals surface area contributed by atoms with Crippen molar-refractivity contribution in [3.05, 3.63) is 0 Å². The second-order valence-corrected chi connectivity index (χ2v) is 5.24. The lowest BCUT2D eigenvalue weighted by Gasteiger charge is -2.23. The molecule has 0 aromatic carbocycles. The molecule has 0 spiro atoms. The van der Waals surface area contributed by atoms with Crippen LogP contribution in [0.5, 0.6) is 0 Å². The molecule has 1 saturated carbocycles. The summed E-state index contributed by atoms with van der Waals surface area (Å²) >= 11 is 0. The summed E-state index contributed by atoms with van der Waals surface area (Å²) in [6.07, 6.45) is 5.81. The van der Waals surface area contributed by atoms with Gasteiger partial charge in [-0.3, -0.25) is 9.59 Å². The maximum Gasteiger partial charge on any atom is 0.308 e. The van der Waals surface area contributed by atoms with Crippen LogP contribution in [0.25, 0.3) is 0 Å². The molecule has 2 fully saturated rings. The SMILES string of the molecule is O=C(CC1CCCCO1)N[C@H]1CCC[C@H]1C(=O)O. The predicted molar refractivity (Wildman–Crippen MR) is 65.1 cm³/mol. The number of hydrogen-bond donors (Lipinski definition) is 2. The van der Waals surface area contributed by atoms with Gasteiger partial charge in [0.05, 0.1) is 18.4 Å². The van der Waals surface area contributed by atoms with Crippen LogP contribution in [0.15, 0.2) is 0 Å². The van der Waals surface area contributed by atoms with Crippen LogP contribution in [-0.4, -0.2) is 35.7 Å². The number of carbonyl (C=O) groups is 2. The highest BCUT2D eigenvalue weighted by Gasteiger charge is 2.34. The molecule has 1 aliphatic heterocycles. The molecule has 1 heterocycles. The smallest absolute Gasteiger partial charge is 0.308 e. The molecule has 1 saturated heterocycles. The van der Waals surface area contributed by atoms with Gasteiger partial charge in [0.2, 0.25) is 5.91 Å². The first kappa shape index (κ1) is 13.3. The lowest BCUT2D eigenvalue weighted by Crippen LogP contribution is -2.41. The number of rotatable bonds is 4. The highest BCUT2D eigenvalue weighted by molar-refractivity contribution is 5.78. The van der Waals surface area contributed by atoms with Gasteiger partial charge in [0.15, 0.2) is 0 Å². The minimum atomic E-state index is -0.799. The third-order valence-corrected chi connectivity index (χ3v) is 3.87. The van der Waals surface area contributed by atoms with Gasteiger partial charge < -0.3 is 15.2 Å². The van der Waals surface area contributed by atoms with E-state index in [1.54, 1.807) is 0 Å². The van der Waals surface area contributed by atoms with E-state index in [0.29, 0.717) is 12.8 Å². The Morgan fingerprint density at radius 1 is 1.17 bits per heavy atom. The highest BCUT2D eigenvalue weighted by atomic mass is 16.5. The second-order valence-electron chi connectivity index (χ2n) is 5.24. The maximum absolute atomic E-state index is 11.9. The summed E-state index contributed by atoms with van der Waals surface area (Å²) in [7, 11) is 0. The number of carboxylic acids is 1. The summed E-state index contributed by atoms with van der Waals surface area (Å²) in [5, 5.41) is 11.9. The minimum absolute atomic E-state index is 0.0171. The van der Waals surface area contributed by atoms with E-state index in [-0.39, 0.29) is 18.1 Å². The van der Waals surface area contributed by atoms with Crippen LogP contribution in [0.2, 0.25) is 0 Å². The Hall–Kier alpha value is -1.10. The summed E-state index contributed by atoms with van der Waals surface area (Å²) in [6, 6.07) is -0.196. The van der Waals surface area contributed by atoms with E-state index in [1.165, 1.54) is 0 Å². The van der Waals surface area contributed by atoms with Crippen molar-refractivity contribution in [2.24, 2.45) is 5.92 Å². The molecule has 1 unspecified atom stereocenters. The van der Waals surface area contributed by atoms with E-state index in [1.807, 2.05) is 0 Å². The fourth-order valence-electron chi connectivity index (χ4n) is 2.87. The molecule has 5 nitrogen and oxygen atoms in total. The number of nitrogens with one attached hydrogen (secondary N) is 1. The molecule has 1 amide bonds. The summed E-state index contributed by atoms with van der Waals surface area (Å²) in [6.45, 7) is 0.735. The van der Waals surface area contributed by atoms with E-state index < -0.39 is 11.9 Å². The third-order valence-electron chi connectivity index (χ3n) is 3.87. The zero-order chi connectivity index (χ0) is 13.0. The molecule has 0 aromatic heterocycles. The van der Waals surface area contributed by atoms with Crippen LogP contribution in [-0.2, 0) is 14.3 Å². The van der Waals surface area contributed by atoms with Gasteiger partial charge in [-0.2, -0.15) is 0 Å². The quantitative estimate of drug-likeness (QED) is 0.794. The number of ether oxygens (including phenoxy) is 1. The normalized spacial score (nSPS) is 32.1. The summed E-state index contributed by atoms with van der Waals surface area (Å²) in [5.74, 6) is -1.28. The second kappa shape index (κ2) is 6.18. The molecule has 5 heteroatoms. The van der Waals surface area contributed by atoms with Gasteiger partial charge in [-0.1, -0.05) is 6.42 Å². The molecule has 0 radical (unpaired) electrons. The number of hydrogen-bond acceptors (Lipinski definition) is 3. The number of carboxylic acid groups (broad SMARTS) is 1. The fourth-order valence-corrected chi connectivity index (χ4v) is 2.87. The van der Waals surface area contributed by atoms with Crippen LogP contribution in [0.4, 0.5) is 0 Å². The monoisotopic (exact) mass is 255 g/mol. The average molecular weight is 255 g/mol. The molecule has 0 bridgehead atoms. The first-order valence-electron chi connectivity index (χ1n) is 6.80. The Morgan fingerprint density at radius 3 is 2.67 bits per heavy atom. The largest absolute Gasteiger partial charge is 0.481 e. The highest BCUT2D eigenvalue weighted by Crippen LogP contribution is 2.26. The van der Waals surface area contributed by atoms with Crippen molar-refractivity contribution in [1.82, 2.24) is 5.32 Å². The third kappa shape index (κ3) is 3.45. The zero-order valence-electron chi connectivity index (χ0n) is 10.6. The molecule has 18 heavy (non-hydrogen) atoms. The van der Waals surface area contributed by atoms with Crippen LogP contribution >= 0.6 is 0 Å². The van der Waals surface area contributed by atoms with Crippen molar-refractivity contribution in [3.63, 3.8) is 0 Å². The molecule has 2 N–H and O–H groups in total. The van der Waals surface area contributed by atoms with E-state index in [4.69, 9.17) is 9.84 Å². The first-order chi connectivity index (χ1) is 8.66. The van der Waals surface area contributed by atoms with E-state index in [9.17, 15) is 9.59 Å². The molecule has 2 aliphatic rings. The standard InChI is InChI=1S/C13H21NO4/c15-12(8-9-4-1-2-7-18-9)14-11-6-3-5-10(11)13(16)17/h9-11H,1-8H2,(H,14,15)(H,16,17)/t9?,10-,11+/m1/s1.